The zero-order valence-corrected chi connectivity index (χ0v) is 12.1. The average Bonchev–Trinajstić information content (AvgIpc) is 2.73. The minimum atomic E-state index is 0.0437. The maximum Gasteiger partial charge on any atom is 0.253 e. The highest BCUT2D eigenvalue weighted by atomic mass is 35.5. The summed E-state index contributed by atoms with van der Waals surface area (Å²) in [5, 5.41) is 8.77. The Kier molecular flexibility index (Phi) is 5.40. The summed E-state index contributed by atoms with van der Waals surface area (Å²) in [6, 6.07) is 8.88. The van der Waals surface area contributed by atoms with Gasteiger partial charge in [-0.3, -0.25) is 4.79 Å². The number of hydrogen-bond acceptors (Lipinski definition) is 3. The molecule has 1 aromatic carbocycles. The summed E-state index contributed by atoms with van der Waals surface area (Å²) in [6.45, 7) is 4.24. The van der Waals surface area contributed by atoms with Crippen LogP contribution < -0.4 is 0 Å². The molecule has 2 rings (SSSR count). The fourth-order valence-electron chi connectivity index (χ4n) is 2.39. The fourth-order valence-corrected chi connectivity index (χ4v) is 2.63. The van der Waals surface area contributed by atoms with Crippen molar-refractivity contribution < 1.29 is 4.79 Å². The molecule has 1 aromatic rings. The second kappa shape index (κ2) is 7.28. The lowest BCUT2D eigenvalue weighted by molar-refractivity contribution is 0.0762. The second-order valence-electron chi connectivity index (χ2n) is 4.87. The van der Waals surface area contributed by atoms with E-state index in [1.165, 1.54) is 0 Å². The molecule has 1 aliphatic heterocycles. The van der Waals surface area contributed by atoms with Crippen molar-refractivity contribution in [2.75, 3.05) is 38.6 Å². The molecule has 0 atom stereocenters. The Hall–Kier alpha value is -1.57. The lowest BCUT2D eigenvalue weighted by Gasteiger charge is -2.21. The molecular weight excluding hydrogens is 274 g/mol. The first-order chi connectivity index (χ1) is 9.74. The van der Waals surface area contributed by atoms with Gasteiger partial charge in [-0.1, -0.05) is 0 Å². The minimum absolute atomic E-state index is 0.0437. The number of rotatable bonds is 3. The maximum absolute atomic E-state index is 12.4. The van der Waals surface area contributed by atoms with Crippen LogP contribution in [-0.4, -0.2) is 54.3 Å². The smallest absolute Gasteiger partial charge is 0.253 e. The van der Waals surface area contributed by atoms with Gasteiger partial charge in [0.15, 0.2) is 0 Å². The van der Waals surface area contributed by atoms with Gasteiger partial charge in [0.1, 0.15) is 0 Å². The van der Waals surface area contributed by atoms with E-state index in [1.807, 2.05) is 4.90 Å². The van der Waals surface area contributed by atoms with Crippen LogP contribution in [-0.2, 0) is 0 Å². The molecule has 0 saturated carbocycles. The lowest BCUT2D eigenvalue weighted by atomic mass is 10.1. The van der Waals surface area contributed by atoms with Crippen LogP contribution in [0.5, 0.6) is 0 Å². The molecule has 0 radical (unpaired) electrons. The fraction of sp³-hybridized carbons (Fsp3) is 0.467. The van der Waals surface area contributed by atoms with Crippen molar-refractivity contribution in [2.45, 2.75) is 6.42 Å². The van der Waals surface area contributed by atoms with E-state index >= 15 is 0 Å². The summed E-state index contributed by atoms with van der Waals surface area (Å²) >= 11 is 5.76. The van der Waals surface area contributed by atoms with E-state index < -0.39 is 0 Å². The van der Waals surface area contributed by atoms with Crippen LogP contribution in [0.25, 0.3) is 0 Å². The molecule has 4 nitrogen and oxygen atoms in total. The van der Waals surface area contributed by atoms with Crippen molar-refractivity contribution in [1.82, 2.24) is 9.80 Å². The molecule has 1 aliphatic rings. The molecule has 5 heteroatoms. The molecule has 1 fully saturated rings. The van der Waals surface area contributed by atoms with Crippen molar-refractivity contribution in [2.24, 2.45) is 0 Å². The number of hydrogen-bond donors (Lipinski definition) is 0. The first kappa shape index (κ1) is 14.8. The number of nitrogens with zero attached hydrogens (tertiary/aromatic N) is 3. The molecule has 1 saturated heterocycles. The quantitative estimate of drug-likeness (QED) is 0.800. The molecule has 1 heterocycles. The predicted octanol–water partition coefficient (Wildman–Crippen LogP) is 1.94. The predicted molar refractivity (Wildman–Crippen MR) is 78.8 cm³/mol. The molecule has 0 aromatic heterocycles. The Morgan fingerprint density at radius 2 is 1.95 bits per heavy atom. The van der Waals surface area contributed by atoms with E-state index in [0.717, 1.165) is 39.1 Å². The summed E-state index contributed by atoms with van der Waals surface area (Å²) in [5.41, 5.74) is 1.22. The van der Waals surface area contributed by atoms with E-state index in [4.69, 9.17) is 16.9 Å². The minimum Gasteiger partial charge on any atom is -0.337 e. The van der Waals surface area contributed by atoms with E-state index in [-0.39, 0.29) is 5.91 Å². The Balaban J connectivity index is 1.99. The van der Waals surface area contributed by atoms with Crippen LogP contribution >= 0.6 is 11.6 Å². The average molecular weight is 292 g/mol. The van der Waals surface area contributed by atoms with Gasteiger partial charge in [0.2, 0.25) is 0 Å². The van der Waals surface area contributed by atoms with Crippen molar-refractivity contribution in [1.29, 1.82) is 5.26 Å². The third kappa shape index (κ3) is 3.72. The Bertz CT molecular complexity index is 495. The first-order valence-electron chi connectivity index (χ1n) is 6.82. The Labute approximate surface area is 124 Å². The highest BCUT2D eigenvalue weighted by molar-refractivity contribution is 6.18. The van der Waals surface area contributed by atoms with Crippen molar-refractivity contribution in [3.63, 3.8) is 0 Å². The van der Waals surface area contributed by atoms with Crippen molar-refractivity contribution in [3.05, 3.63) is 35.4 Å². The van der Waals surface area contributed by atoms with Crippen LogP contribution in [0.4, 0.5) is 0 Å². The molecule has 0 spiro atoms. The number of halogens is 1. The van der Waals surface area contributed by atoms with Gasteiger partial charge in [0, 0.05) is 37.6 Å². The van der Waals surface area contributed by atoms with Crippen LogP contribution in [0.1, 0.15) is 22.3 Å². The third-order valence-corrected chi connectivity index (χ3v) is 3.71. The molecule has 0 bridgehead atoms. The molecular formula is C15H18ClN3O. The Morgan fingerprint density at radius 3 is 2.60 bits per heavy atom. The molecule has 0 N–H and O–H groups in total. The highest BCUT2D eigenvalue weighted by Gasteiger charge is 2.19. The van der Waals surface area contributed by atoms with Gasteiger partial charge in [-0.2, -0.15) is 5.26 Å². The summed E-state index contributed by atoms with van der Waals surface area (Å²) in [6.07, 6.45) is 0.971. The van der Waals surface area contributed by atoms with Gasteiger partial charge in [0.05, 0.1) is 11.6 Å². The van der Waals surface area contributed by atoms with Gasteiger partial charge < -0.3 is 9.80 Å². The summed E-state index contributed by atoms with van der Waals surface area (Å²) in [4.78, 5) is 16.6. The number of carbonyl (C=O) groups is 1. The van der Waals surface area contributed by atoms with Crippen molar-refractivity contribution in [3.8, 4) is 6.07 Å². The normalized spacial score (nSPS) is 16.5. The van der Waals surface area contributed by atoms with Crippen LogP contribution in [0.3, 0.4) is 0 Å². The van der Waals surface area contributed by atoms with E-state index in [1.54, 1.807) is 24.3 Å². The monoisotopic (exact) mass is 291 g/mol. The van der Waals surface area contributed by atoms with Crippen LogP contribution in [0, 0.1) is 11.3 Å². The standard InChI is InChI=1S/C15H18ClN3O/c16-6-9-18-7-1-8-19(11-10-18)15(20)14-4-2-13(12-17)3-5-14/h2-5H,1,6-11H2. The third-order valence-electron chi connectivity index (χ3n) is 3.54. The lowest BCUT2D eigenvalue weighted by Crippen LogP contribution is -2.35. The van der Waals surface area contributed by atoms with E-state index in [0.29, 0.717) is 17.0 Å². The largest absolute Gasteiger partial charge is 0.337 e. The van der Waals surface area contributed by atoms with Gasteiger partial charge in [-0.15, -0.1) is 11.6 Å². The number of carbonyl (C=O) groups excluding carboxylic acids is 1. The topological polar surface area (TPSA) is 47.3 Å². The SMILES string of the molecule is N#Cc1ccc(C(=O)N2CCCN(CCCl)CC2)cc1. The number of benzene rings is 1. The molecule has 106 valence electrons. The number of amides is 1. The van der Waals surface area contributed by atoms with Gasteiger partial charge in [-0.05, 0) is 37.2 Å². The zero-order chi connectivity index (χ0) is 14.4. The second-order valence-corrected chi connectivity index (χ2v) is 5.24. The first-order valence-corrected chi connectivity index (χ1v) is 7.36. The van der Waals surface area contributed by atoms with Gasteiger partial charge in [-0.25, -0.2) is 0 Å². The van der Waals surface area contributed by atoms with E-state index in [2.05, 4.69) is 11.0 Å². The van der Waals surface area contributed by atoms with E-state index in [9.17, 15) is 4.79 Å². The van der Waals surface area contributed by atoms with Gasteiger partial charge >= 0.3 is 0 Å². The molecule has 0 aliphatic carbocycles. The zero-order valence-electron chi connectivity index (χ0n) is 11.4. The summed E-state index contributed by atoms with van der Waals surface area (Å²) in [7, 11) is 0. The van der Waals surface area contributed by atoms with Gasteiger partial charge in [0.25, 0.3) is 5.91 Å². The van der Waals surface area contributed by atoms with Crippen molar-refractivity contribution >= 4 is 17.5 Å². The molecule has 0 unspecified atom stereocenters. The maximum atomic E-state index is 12.4. The van der Waals surface area contributed by atoms with Crippen LogP contribution in [0.15, 0.2) is 24.3 Å². The summed E-state index contributed by atoms with van der Waals surface area (Å²) < 4.78 is 0. The van der Waals surface area contributed by atoms with Crippen LogP contribution in [0.2, 0.25) is 0 Å². The molecule has 20 heavy (non-hydrogen) atoms. The Morgan fingerprint density at radius 1 is 1.20 bits per heavy atom. The number of nitriles is 1. The summed E-state index contributed by atoms with van der Waals surface area (Å²) in [5.74, 6) is 0.672. The highest BCUT2D eigenvalue weighted by Crippen LogP contribution is 2.10. The number of alkyl halides is 1. The molecule has 1 amide bonds.